The molecule has 0 saturated carbocycles. The molecule has 2 aliphatic heterocycles. The molecule has 0 spiro atoms. The summed E-state index contributed by atoms with van der Waals surface area (Å²) in [6, 6.07) is 11.0. The molecule has 0 unspecified atom stereocenters. The van der Waals surface area contributed by atoms with Crippen LogP contribution < -0.4 is 10.6 Å². The molecule has 31 heteroatoms. The van der Waals surface area contributed by atoms with Crippen LogP contribution in [0.1, 0.15) is 226 Å². The second kappa shape index (κ2) is 43.3. The molecule has 109 heavy (non-hydrogen) atoms. The summed E-state index contributed by atoms with van der Waals surface area (Å²) in [5.41, 5.74) is 9.06. The third kappa shape index (κ3) is 28.1. The van der Waals surface area contributed by atoms with Crippen molar-refractivity contribution < 1.29 is 90.2 Å². The van der Waals surface area contributed by atoms with Crippen molar-refractivity contribution >= 4 is 105 Å². The SMILES string of the molecule is CC(C)(C)OC(=O)CBr.CCOC(=O)C1=NCC2=C1CCCC2.CCOC(=O)c1c2c(nn1CC(=O)OC(C)(C)C)CCCC2.CCOC(=O)c1nn(CC(=O)O)c2c1CCCC2.CCOC(=O)c1nn(CC(=O)OC(C)(C)C)c2c1CCCC2.Cl.O=C(Nc1cccc(-c2ccccc2Cl)c1F)[C@@H]1C[C@@H](F)CN1. The number of anilines is 1. The van der Waals surface area contributed by atoms with Crippen molar-refractivity contribution in [2.24, 2.45) is 4.99 Å². The Hall–Kier alpha value is -8.41. The van der Waals surface area contributed by atoms with Gasteiger partial charge in [0.05, 0.1) is 50.4 Å². The number of nitrogens with zero attached hydrogens (tertiary/aromatic N) is 7. The Balaban J connectivity index is 0.000000238. The summed E-state index contributed by atoms with van der Waals surface area (Å²) in [7, 11) is 0. The summed E-state index contributed by atoms with van der Waals surface area (Å²) >= 11 is 9.10. The molecule has 6 aliphatic rings. The number of rotatable bonds is 18. The maximum Gasteiger partial charge on any atom is 0.359 e. The van der Waals surface area contributed by atoms with Gasteiger partial charge in [-0.05, 0) is 216 Å². The van der Waals surface area contributed by atoms with Gasteiger partial charge in [-0.15, -0.1) is 12.4 Å². The number of fused-ring (bicyclic) bond motifs is 3. The minimum atomic E-state index is -1.05. The number of esters is 7. The van der Waals surface area contributed by atoms with E-state index in [1.807, 2.05) is 69.2 Å². The van der Waals surface area contributed by atoms with Crippen molar-refractivity contribution in [3.8, 4) is 11.1 Å². The number of carbonyl (C=O) groups is 9. The molecule has 1 fully saturated rings. The van der Waals surface area contributed by atoms with E-state index in [0.29, 0.717) is 59.7 Å². The van der Waals surface area contributed by atoms with Crippen molar-refractivity contribution in [1.29, 1.82) is 0 Å². The maximum atomic E-state index is 14.7. The highest BCUT2D eigenvalue weighted by atomic mass is 79.9. The Kier molecular flexibility index (Phi) is 36.2. The summed E-state index contributed by atoms with van der Waals surface area (Å²) in [6.45, 7) is 25.5. The summed E-state index contributed by atoms with van der Waals surface area (Å²) in [4.78, 5) is 109. The molecule has 3 aromatic heterocycles. The second-order valence-electron chi connectivity index (χ2n) is 29.0. The van der Waals surface area contributed by atoms with E-state index in [4.69, 9.17) is 49.9 Å². The second-order valence-corrected chi connectivity index (χ2v) is 29.9. The van der Waals surface area contributed by atoms with Gasteiger partial charge in [-0.25, -0.2) is 32.6 Å². The van der Waals surface area contributed by atoms with Crippen molar-refractivity contribution in [2.45, 2.75) is 248 Å². The number of carbonyl (C=O) groups excluding carboxylic acids is 8. The van der Waals surface area contributed by atoms with Crippen LogP contribution in [0.3, 0.4) is 0 Å². The molecule has 2 atom stereocenters. The van der Waals surface area contributed by atoms with Crippen LogP contribution in [-0.4, -0.2) is 168 Å². The van der Waals surface area contributed by atoms with Crippen LogP contribution in [0.25, 0.3) is 11.1 Å². The topological polar surface area (TPSA) is 328 Å². The summed E-state index contributed by atoms with van der Waals surface area (Å²) in [6.07, 6.45) is 14.5. The first-order chi connectivity index (χ1) is 51.1. The molecule has 26 nitrogen and oxygen atoms in total. The van der Waals surface area contributed by atoms with Crippen molar-refractivity contribution in [3.05, 3.63) is 115 Å². The number of nitrogens with one attached hydrogen (secondary N) is 2. The first-order valence-corrected chi connectivity index (χ1v) is 38.5. The third-order valence-electron chi connectivity index (χ3n) is 16.9. The zero-order chi connectivity index (χ0) is 79.6. The van der Waals surface area contributed by atoms with Gasteiger partial charge in [-0.1, -0.05) is 57.9 Å². The zero-order valence-electron chi connectivity index (χ0n) is 64.8. The minimum absolute atomic E-state index is 0. The molecular weight excluding hydrogens is 1520 g/mol. The fourth-order valence-electron chi connectivity index (χ4n) is 12.7. The van der Waals surface area contributed by atoms with Gasteiger partial charge in [0.15, 0.2) is 22.9 Å². The smallest absolute Gasteiger partial charge is 0.359 e. The molecule has 600 valence electrons. The highest BCUT2D eigenvalue weighted by Crippen LogP contribution is 2.35. The number of ether oxygens (including phenoxy) is 7. The first kappa shape index (κ1) is 91.2. The van der Waals surface area contributed by atoms with Gasteiger partial charge in [0.25, 0.3) is 0 Å². The largest absolute Gasteiger partial charge is 0.480 e. The molecule has 0 bridgehead atoms. The van der Waals surface area contributed by atoms with E-state index < -0.39 is 65.0 Å². The van der Waals surface area contributed by atoms with E-state index in [9.17, 15) is 51.9 Å². The minimum Gasteiger partial charge on any atom is -0.480 e. The molecule has 4 aliphatic carbocycles. The van der Waals surface area contributed by atoms with Gasteiger partial charge < -0.3 is 48.9 Å². The van der Waals surface area contributed by atoms with E-state index in [0.717, 1.165) is 130 Å². The highest BCUT2D eigenvalue weighted by Gasteiger charge is 2.34. The molecule has 0 radical (unpaired) electrons. The van der Waals surface area contributed by atoms with E-state index in [1.54, 1.807) is 61.9 Å². The van der Waals surface area contributed by atoms with Crippen LogP contribution in [0.5, 0.6) is 0 Å². The number of hydrogen-bond donors (Lipinski definition) is 3. The lowest BCUT2D eigenvalue weighted by molar-refractivity contribution is -0.157. The van der Waals surface area contributed by atoms with Crippen LogP contribution in [0, 0.1) is 5.82 Å². The molecule has 1 saturated heterocycles. The Morgan fingerprint density at radius 3 is 1.55 bits per heavy atom. The lowest BCUT2D eigenvalue weighted by atomic mass is 9.91. The van der Waals surface area contributed by atoms with Crippen LogP contribution in [0.15, 0.2) is 58.6 Å². The van der Waals surface area contributed by atoms with Crippen molar-refractivity contribution in [1.82, 2.24) is 34.7 Å². The normalized spacial score (nSPS) is 16.0. The Bertz CT molecular complexity index is 4050. The average Bonchev–Trinajstić information content (AvgIpc) is 1.69. The number of carboxylic acids is 1. The predicted molar refractivity (Wildman–Crippen MR) is 412 cm³/mol. The standard InChI is InChI=1S/C17H15ClF2N2O.2C16H24N2O4.C12H16N2O4.C11H15NO2.C6H11BrO2.ClH/c18-13-6-2-1-4-11(13)12-5-3-7-14(16(12)20)22-17(23)15-8-10(19)9-21-15;1-5-21-15(20)14-11-8-6-7-9-12(11)18(17-14)10-13(19)22-16(2,3)4;1-5-21-15(20)14-11-8-6-7-9-12(11)17-18(14)10-13(19)22-16(2,3)4;1-2-18-12(17)11-8-5-3-4-6-9(8)14(13-11)7-10(15)16;1-2-14-11(13)10-9-6-4-3-5-8(9)7-12-10;1-6(2,3)9-5(8)4-7;/h1-7,10,15,21H,8-9H2,(H,22,23);2*5-10H2,1-4H3;2-7H2,1H3,(H,15,16);2-7H2,1H3;4H2,1-3H3;1H/t10-,15+;;;;;;/m1....../s1. The highest BCUT2D eigenvalue weighted by molar-refractivity contribution is 9.09. The fraction of sp³-hybridized carbons (Fsp3) is 0.577. The molecular formula is C78H106BrCl2F2N9O17. The number of alkyl halides is 2. The predicted octanol–water partition coefficient (Wildman–Crippen LogP) is 13.4. The Labute approximate surface area is 655 Å². The van der Waals surface area contributed by atoms with Crippen LogP contribution in [0.2, 0.25) is 5.02 Å². The van der Waals surface area contributed by atoms with E-state index in [1.165, 1.54) is 39.4 Å². The van der Waals surface area contributed by atoms with Gasteiger partial charge in [0.2, 0.25) is 5.91 Å². The van der Waals surface area contributed by atoms with E-state index in [-0.39, 0.29) is 85.2 Å². The number of aliphatic imine (C=N–C) groups is 1. The fourth-order valence-corrected chi connectivity index (χ4v) is 13.0. The van der Waals surface area contributed by atoms with Crippen LogP contribution >= 0.6 is 39.9 Å². The number of aliphatic carboxylic acids is 1. The summed E-state index contributed by atoms with van der Waals surface area (Å²) in [5, 5.41) is 27.7. The molecule has 1 amide bonds. The molecule has 5 heterocycles. The van der Waals surface area contributed by atoms with E-state index >= 15 is 0 Å². The van der Waals surface area contributed by atoms with Crippen molar-refractivity contribution in [2.75, 3.05) is 50.2 Å². The number of aryl methyl sites for hydroxylation is 1. The maximum absolute atomic E-state index is 14.7. The molecule has 3 N–H and O–H groups in total. The van der Waals surface area contributed by atoms with Gasteiger partial charge >= 0.3 is 47.8 Å². The number of aromatic nitrogens is 6. The summed E-state index contributed by atoms with van der Waals surface area (Å²) in [5.74, 6) is -4.46. The number of benzene rings is 2. The Morgan fingerprint density at radius 1 is 0.578 bits per heavy atom. The van der Waals surface area contributed by atoms with Gasteiger partial charge in [-0.2, -0.15) is 15.3 Å². The van der Waals surface area contributed by atoms with Crippen LogP contribution in [-0.2, 0) is 120 Å². The monoisotopic (exact) mass is 1630 g/mol. The van der Waals surface area contributed by atoms with E-state index in [2.05, 4.69) is 46.9 Å². The number of carboxylic acid groups (broad SMARTS) is 1. The zero-order valence-corrected chi connectivity index (χ0v) is 68.0. The number of hydrogen-bond acceptors (Lipinski definition) is 21. The molecule has 5 aromatic rings. The number of amides is 1. The summed E-state index contributed by atoms with van der Waals surface area (Å²) < 4.78 is 68.0. The first-order valence-electron chi connectivity index (χ1n) is 37.0. The third-order valence-corrected chi connectivity index (χ3v) is 17.7. The lowest BCUT2D eigenvalue weighted by Gasteiger charge is -2.20. The quantitative estimate of drug-likeness (QED) is 0.0417. The Morgan fingerprint density at radius 2 is 1.05 bits per heavy atom. The lowest BCUT2D eigenvalue weighted by Crippen LogP contribution is -2.35. The number of halogens is 5. The van der Waals surface area contributed by atoms with Crippen LogP contribution in [0.4, 0.5) is 14.5 Å². The average molecular weight is 1630 g/mol. The molecule has 2 aromatic carbocycles. The van der Waals surface area contributed by atoms with Gasteiger partial charge in [-0.3, -0.25) is 38.3 Å². The van der Waals surface area contributed by atoms with Gasteiger partial charge in [0, 0.05) is 57.2 Å². The van der Waals surface area contributed by atoms with Crippen molar-refractivity contribution in [3.63, 3.8) is 0 Å². The van der Waals surface area contributed by atoms with Gasteiger partial charge in [0.1, 0.15) is 53.7 Å². The molecule has 11 rings (SSSR count).